The van der Waals surface area contributed by atoms with E-state index < -0.39 is 48.3 Å². The lowest BCUT2D eigenvalue weighted by atomic mass is 9.87. The monoisotopic (exact) mass is 302 g/mol. The third-order valence-electron chi connectivity index (χ3n) is 4.53. The fraction of sp³-hybridized carbons (Fsp3) is 0.0435. The topological polar surface area (TPSA) is 0 Å². The quantitative estimate of drug-likeness (QED) is 0.295. The molecule has 1 aliphatic rings. The smallest absolute Gasteiger partial charge is 0.0619 e. The summed E-state index contributed by atoms with van der Waals surface area (Å²) in [6.45, 7) is 0. The van der Waals surface area contributed by atoms with Gasteiger partial charge < -0.3 is 0 Å². The molecule has 0 saturated heterocycles. The second-order valence-electron chi connectivity index (χ2n) is 5.63. The van der Waals surface area contributed by atoms with E-state index >= 15 is 0 Å². The summed E-state index contributed by atoms with van der Waals surface area (Å²) in [6.07, 6.45) is -0.0222. The van der Waals surface area contributed by atoms with E-state index in [4.69, 9.17) is 16.4 Å². The third kappa shape index (κ3) is 1.33. The molecule has 5 aromatic rings. The molecule has 0 saturated carbocycles. The van der Waals surface area contributed by atoms with Gasteiger partial charge in [0.25, 0.3) is 0 Å². The van der Waals surface area contributed by atoms with Crippen molar-refractivity contribution in [3.8, 4) is 11.1 Å². The predicted octanol–water partition coefficient (Wildman–Crippen LogP) is 6.16. The van der Waals surface area contributed by atoms with Crippen LogP contribution in [0.15, 0.2) is 72.5 Å². The SMILES string of the molecule is [2H]c1c([2H])c([2H])c2c(c1[2H])Cc1c-2c2c([2H])c([2H])c([2H])c3c([2H])c([2H])c4c([2H])c([2H])c([2H])c1c4c32. The summed E-state index contributed by atoms with van der Waals surface area (Å²) in [5.41, 5.74) is 0.993. The first-order valence-electron chi connectivity index (χ1n) is 13.2. The van der Waals surface area contributed by atoms with Crippen LogP contribution in [-0.2, 0) is 6.42 Å². The van der Waals surface area contributed by atoms with Crippen LogP contribution >= 0.6 is 0 Å². The fourth-order valence-electron chi connectivity index (χ4n) is 3.63. The van der Waals surface area contributed by atoms with Crippen LogP contribution in [0.25, 0.3) is 43.4 Å². The highest BCUT2D eigenvalue weighted by Gasteiger charge is 2.24. The van der Waals surface area contributed by atoms with Crippen molar-refractivity contribution in [2.45, 2.75) is 6.42 Å². The largest absolute Gasteiger partial charge is 0.0629 e. The third-order valence-corrected chi connectivity index (χ3v) is 4.53. The summed E-state index contributed by atoms with van der Waals surface area (Å²) in [4.78, 5) is 0. The minimum absolute atomic E-state index is 0.0222. The summed E-state index contributed by atoms with van der Waals surface area (Å²) < 4.78 is 102. The van der Waals surface area contributed by atoms with Crippen LogP contribution in [-0.4, -0.2) is 0 Å². The molecule has 6 rings (SSSR count). The molecule has 0 amide bonds. The Hall–Kier alpha value is -2.86. The minimum atomic E-state index is -0.487. The van der Waals surface area contributed by atoms with Crippen molar-refractivity contribution in [2.75, 3.05) is 0 Å². The van der Waals surface area contributed by atoms with Gasteiger partial charge in [0.1, 0.15) is 0 Å². The van der Waals surface area contributed by atoms with Crippen molar-refractivity contribution in [1.82, 2.24) is 0 Å². The van der Waals surface area contributed by atoms with E-state index in [0.29, 0.717) is 5.56 Å². The highest BCUT2D eigenvalue weighted by Crippen LogP contribution is 2.48. The maximum atomic E-state index is 8.74. The van der Waals surface area contributed by atoms with Crippen LogP contribution < -0.4 is 0 Å². The first-order chi connectivity index (χ1) is 16.4. The predicted molar refractivity (Wildman–Crippen MR) is 98.4 cm³/mol. The van der Waals surface area contributed by atoms with Gasteiger partial charge >= 0.3 is 0 Å². The van der Waals surface area contributed by atoms with Crippen LogP contribution in [0.1, 0.15) is 27.6 Å². The Morgan fingerprint density at radius 1 is 0.652 bits per heavy atom. The normalized spacial score (nSPS) is 20.3. The molecule has 0 nitrogen and oxygen atoms in total. The zero-order chi connectivity index (χ0) is 25.4. The van der Waals surface area contributed by atoms with Gasteiger partial charge in [-0.15, -0.1) is 0 Å². The summed E-state index contributed by atoms with van der Waals surface area (Å²) in [5, 5.41) is 0.457. The van der Waals surface area contributed by atoms with Crippen molar-refractivity contribution in [3.63, 3.8) is 0 Å². The Morgan fingerprint density at radius 2 is 1.35 bits per heavy atom. The molecule has 0 aromatic heterocycles. The fourth-order valence-corrected chi connectivity index (χ4v) is 3.63. The van der Waals surface area contributed by atoms with Crippen LogP contribution in [0.3, 0.4) is 0 Å². The van der Waals surface area contributed by atoms with Gasteiger partial charge in [-0.05, 0) is 61.0 Å². The Kier molecular flexibility index (Phi) is 0.909. The molecule has 0 atom stereocenters. The Morgan fingerprint density at radius 3 is 2.17 bits per heavy atom. The van der Waals surface area contributed by atoms with Gasteiger partial charge in [-0.2, -0.15) is 0 Å². The first-order valence-corrected chi connectivity index (χ1v) is 7.21. The molecule has 1 aliphatic carbocycles. The molecule has 5 aromatic carbocycles. The lowest BCUT2D eigenvalue weighted by molar-refractivity contribution is 1.29. The number of fused-ring (bicyclic) bond motifs is 5. The zero-order valence-electron chi connectivity index (χ0n) is 23.7. The Labute approximate surface area is 151 Å². The van der Waals surface area contributed by atoms with Gasteiger partial charge in [0, 0.05) is 0 Å². The molecule has 0 heteroatoms. The summed E-state index contributed by atoms with van der Waals surface area (Å²) in [6, 6.07) is -4.83. The van der Waals surface area contributed by atoms with Gasteiger partial charge in [0.2, 0.25) is 0 Å². The van der Waals surface area contributed by atoms with Crippen molar-refractivity contribution in [3.05, 3.63) is 83.6 Å². The van der Waals surface area contributed by atoms with Gasteiger partial charge in [-0.1, -0.05) is 72.5 Å². The van der Waals surface area contributed by atoms with E-state index in [1.165, 1.54) is 0 Å². The highest BCUT2D eigenvalue weighted by molar-refractivity contribution is 6.28. The molecule has 0 aliphatic heterocycles. The summed E-state index contributed by atoms with van der Waals surface area (Å²) in [5.74, 6) is 0. The van der Waals surface area contributed by atoms with Crippen LogP contribution in [0, 0.1) is 0 Å². The molecule has 23 heavy (non-hydrogen) atoms. The van der Waals surface area contributed by atoms with Crippen LogP contribution in [0.5, 0.6) is 0 Å². The second kappa shape index (κ2) is 3.91. The lowest BCUT2D eigenvalue weighted by Crippen LogP contribution is -1.90. The molecular weight excluding hydrogens is 276 g/mol. The van der Waals surface area contributed by atoms with Crippen molar-refractivity contribution < 1.29 is 16.4 Å². The van der Waals surface area contributed by atoms with Gasteiger partial charge in [-0.25, -0.2) is 0 Å². The molecule has 0 spiro atoms. The van der Waals surface area contributed by atoms with E-state index in [-0.39, 0.29) is 79.6 Å². The standard InChI is InChI=1S/C23H14/c1-2-8-17-16(5-1)13-20-18-9-3-6-14-11-12-15-7-4-10-19(23(17)20)22(15)21(14)18/h1-12H,13H2/i1D,2D,3D,4D,5D,6D,7D,8D,9D,10D,11D,12D. The molecule has 0 radical (unpaired) electrons. The summed E-state index contributed by atoms with van der Waals surface area (Å²) >= 11 is 0. The van der Waals surface area contributed by atoms with Crippen molar-refractivity contribution >= 4 is 32.3 Å². The molecular formula is C23H14. The van der Waals surface area contributed by atoms with E-state index in [1.54, 1.807) is 0 Å². The molecule has 0 bridgehead atoms. The van der Waals surface area contributed by atoms with E-state index in [9.17, 15) is 0 Å². The maximum Gasteiger partial charge on any atom is 0.0629 e. The maximum absolute atomic E-state index is 8.74. The number of benzene rings is 5. The Balaban J connectivity index is 2.08. The lowest BCUT2D eigenvalue weighted by Gasteiger charge is -2.16. The van der Waals surface area contributed by atoms with E-state index in [1.807, 2.05) is 0 Å². The van der Waals surface area contributed by atoms with Crippen molar-refractivity contribution in [2.24, 2.45) is 0 Å². The highest BCUT2D eigenvalue weighted by atomic mass is 14.3. The van der Waals surface area contributed by atoms with E-state index in [2.05, 4.69) is 0 Å². The Bertz CT molecular complexity index is 1840. The van der Waals surface area contributed by atoms with Crippen molar-refractivity contribution in [1.29, 1.82) is 0 Å². The minimum Gasteiger partial charge on any atom is -0.0619 e. The van der Waals surface area contributed by atoms with Gasteiger partial charge in [0.05, 0.1) is 16.4 Å². The molecule has 0 N–H and O–H groups in total. The average molecular weight is 302 g/mol. The molecule has 0 heterocycles. The second-order valence-corrected chi connectivity index (χ2v) is 5.63. The molecule has 0 unspecified atom stereocenters. The summed E-state index contributed by atoms with van der Waals surface area (Å²) in [7, 11) is 0. The number of hydrogen-bond donors (Lipinski definition) is 0. The van der Waals surface area contributed by atoms with E-state index in [0.717, 1.165) is 0 Å². The van der Waals surface area contributed by atoms with Crippen LogP contribution in [0.4, 0.5) is 0 Å². The number of rotatable bonds is 0. The first kappa shape index (κ1) is 5.35. The molecule has 0 fully saturated rings. The number of hydrogen-bond acceptors (Lipinski definition) is 0. The average Bonchev–Trinajstić information content (AvgIpc) is 3.22. The molecule has 106 valence electrons. The zero-order valence-corrected chi connectivity index (χ0v) is 11.7. The van der Waals surface area contributed by atoms with Gasteiger partial charge in [0.15, 0.2) is 0 Å². The van der Waals surface area contributed by atoms with Crippen LogP contribution in [0.2, 0.25) is 0 Å². The van der Waals surface area contributed by atoms with Gasteiger partial charge in [-0.3, -0.25) is 0 Å².